The minimum atomic E-state index is -1.91. The van der Waals surface area contributed by atoms with Crippen LogP contribution in [-0.4, -0.2) is 35.8 Å². The fourth-order valence-corrected chi connectivity index (χ4v) is 5.25. The summed E-state index contributed by atoms with van der Waals surface area (Å²) in [4.78, 5) is 16.9. The van der Waals surface area contributed by atoms with Crippen LogP contribution in [0.4, 0.5) is 15.2 Å². The number of aromatic nitrogens is 1. The van der Waals surface area contributed by atoms with Gasteiger partial charge in [0.1, 0.15) is 5.82 Å². The molecule has 0 spiro atoms. The molecule has 4 rings (SSSR count). The lowest BCUT2D eigenvalue weighted by Crippen LogP contribution is -2.40. The Labute approximate surface area is 192 Å². The van der Waals surface area contributed by atoms with E-state index in [4.69, 9.17) is 4.74 Å². The third-order valence-electron chi connectivity index (χ3n) is 5.63. The highest BCUT2D eigenvalue weighted by atomic mass is 32.2. The van der Waals surface area contributed by atoms with E-state index in [1.807, 2.05) is 31.0 Å². The predicted molar refractivity (Wildman–Crippen MR) is 124 cm³/mol. The molecule has 3 aromatic rings. The standard InChI is InChI=1S/C22H23FN4O3S2/c1-14(16-5-3-4-6-17(16)15-11-24-12-15)27(2)19-9-18(23)21(10-20(19)30-13-28)32(29)26-22-25-7-8-31-22/h3-10,13-15,24H,11-12H2,1-2H3,(H,25,26)/t14-,32?/m1/s1. The van der Waals surface area contributed by atoms with Gasteiger partial charge in [-0.2, -0.15) is 0 Å². The number of anilines is 2. The molecule has 1 saturated heterocycles. The third-order valence-corrected chi connectivity index (χ3v) is 7.54. The molecular weight excluding hydrogens is 451 g/mol. The molecule has 1 aromatic heterocycles. The number of ether oxygens (including phenoxy) is 1. The quantitative estimate of drug-likeness (QED) is 0.459. The summed E-state index contributed by atoms with van der Waals surface area (Å²) in [6.45, 7) is 4.15. The molecule has 0 bridgehead atoms. The molecular formula is C22H23FN4O3S2. The van der Waals surface area contributed by atoms with Crippen molar-refractivity contribution in [2.45, 2.75) is 23.8 Å². The lowest BCUT2D eigenvalue weighted by atomic mass is 9.87. The molecule has 0 amide bonds. The molecule has 10 heteroatoms. The van der Waals surface area contributed by atoms with Crippen LogP contribution >= 0.6 is 11.3 Å². The van der Waals surface area contributed by atoms with Gasteiger partial charge < -0.3 is 15.0 Å². The van der Waals surface area contributed by atoms with Crippen molar-refractivity contribution >= 4 is 39.6 Å². The highest BCUT2D eigenvalue weighted by Gasteiger charge is 2.27. The Hall–Kier alpha value is -2.82. The molecule has 32 heavy (non-hydrogen) atoms. The molecule has 2 N–H and O–H groups in total. The number of carbonyl (C=O) groups is 1. The predicted octanol–water partition coefficient (Wildman–Crippen LogP) is 3.84. The van der Waals surface area contributed by atoms with Gasteiger partial charge in [0, 0.05) is 49.8 Å². The van der Waals surface area contributed by atoms with Gasteiger partial charge in [-0.05, 0) is 18.1 Å². The third kappa shape index (κ3) is 4.52. The van der Waals surface area contributed by atoms with Gasteiger partial charge in [0.25, 0.3) is 6.47 Å². The largest absolute Gasteiger partial charge is 0.426 e. The smallest absolute Gasteiger partial charge is 0.298 e. The van der Waals surface area contributed by atoms with E-state index in [-0.39, 0.29) is 23.2 Å². The SMILES string of the molecule is C[C@H](c1ccccc1C1CNC1)N(C)c1cc(F)c(S(=O)Nc2nccs2)cc1OC=O. The van der Waals surface area contributed by atoms with Crippen molar-refractivity contribution in [1.82, 2.24) is 10.3 Å². The lowest BCUT2D eigenvalue weighted by Gasteiger charge is -2.34. The lowest BCUT2D eigenvalue weighted by molar-refractivity contribution is -0.120. The van der Waals surface area contributed by atoms with E-state index in [0.29, 0.717) is 16.7 Å². The minimum Gasteiger partial charge on any atom is -0.426 e. The van der Waals surface area contributed by atoms with Crippen molar-refractivity contribution in [3.05, 3.63) is 64.9 Å². The van der Waals surface area contributed by atoms with Gasteiger partial charge in [-0.15, -0.1) is 11.3 Å². The van der Waals surface area contributed by atoms with Gasteiger partial charge in [0.2, 0.25) is 0 Å². The average molecular weight is 475 g/mol. The van der Waals surface area contributed by atoms with Crippen LogP contribution in [0.2, 0.25) is 0 Å². The van der Waals surface area contributed by atoms with Gasteiger partial charge in [0.15, 0.2) is 21.9 Å². The fourth-order valence-electron chi connectivity index (χ4n) is 3.69. The number of nitrogens with one attached hydrogen (secondary N) is 2. The van der Waals surface area contributed by atoms with Crippen LogP contribution in [0.3, 0.4) is 0 Å². The van der Waals surface area contributed by atoms with Crippen LogP contribution in [-0.2, 0) is 15.8 Å². The number of thiazole rings is 1. The first-order valence-corrected chi connectivity index (χ1v) is 12.1. The summed E-state index contributed by atoms with van der Waals surface area (Å²) in [6, 6.07) is 10.6. The molecule has 2 aromatic carbocycles. The van der Waals surface area contributed by atoms with Crippen LogP contribution in [0.25, 0.3) is 0 Å². The van der Waals surface area contributed by atoms with Crippen molar-refractivity contribution in [3.63, 3.8) is 0 Å². The monoisotopic (exact) mass is 474 g/mol. The number of nitrogens with zero attached hydrogens (tertiary/aromatic N) is 2. The minimum absolute atomic E-state index is 0.120. The molecule has 1 unspecified atom stereocenters. The Morgan fingerprint density at radius 1 is 1.38 bits per heavy atom. The second-order valence-corrected chi connectivity index (χ2v) is 9.52. The number of carbonyl (C=O) groups excluding carboxylic acids is 1. The average Bonchev–Trinajstić information content (AvgIpc) is 3.26. The van der Waals surface area contributed by atoms with Crippen LogP contribution in [0.15, 0.2) is 52.9 Å². The zero-order valence-electron chi connectivity index (χ0n) is 17.6. The number of rotatable bonds is 9. The number of hydrogen-bond acceptors (Lipinski definition) is 7. The summed E-state index contributed by atoms with van der Waals surface area (Å²) in [7, 11) is -0.0916. The van der Waals surface area contributed by atoms with E-state index in [0.717, 1.165) is 18.7 Å². The number of benzene rings is 2. The summed E-state index contributed by atoms with van der Waals surface area (Å²) in [5.74, 6) is -0.106. The Kier molecular flexibility index (Phi) is 6.83. The molecule has 0 radical (unpaired) electrons. The molecule has 7 nitrogen and oxygen atoms in total. The summed E-state index contributed by atoms with van der Waals surface area (Å²) in [6.07, 6.45) is 1.55. The fraction of sp³-hybridized carbons (Fsp3) is 0.273. The second-order valence-electron chi connectivity index (χ2n) is 7.44. The summed E-state index contributed by atoms with van der Waals surface area (Å²) >= 11 is 1.25. The summed E-state index contributed by atoms with van der Waals surface area (Å²) in [5.41, 5.74) is 2.75. The normalized spacial score (nSPS) is 15.5. The van der Waals surface area contributed by atoms with Crippen molar-refractivity contribution in [1.29, 1.82) is 0 Å². The first-order chi connectivity index (χ1) is 15.5. The first-order valence-electron chi connectivity index (χ1n) is 10.0. The molecule has 168 valence electrons. The Bertz CT molecular complexity index is 1120. The van der Waals surface area contributed by atoms with E-state index in [9.17, 15) is 9.00 Å². The van der Waals surface area contributed by atoms with Gasteiger partial charge in [-0.3, -0.25) is 9.52 Å². The van der Waals surface area contributed by atoms with E-state index in [1.165, 1.54) is 29.0 Å². The van der Waals surface area contributed by atoms with Crippen LogP contribution in [0, 0.1) is 5.82 Å². The zero-order valence-corrected chi connectivity index (χ0v) is 19.2. The van der Waals surface area contributed by atoms with E-state index >= 15 is 4.39 Å². The maximum Gasteiger partial charge on any atom is 0.298 e. The van der Waals surface area contributed by atoms with Crippen molar-refractivity contribution < 1.29 is 18.1 Å². The maximum absolute atomic E-state index is 15.0. The van der Waals surface area contributed by atoms with Gasteiger partial charge in [0.05, 0.1) is 16.6 Å². The van der Waals surface area contributed by atoms with E-state index in [1.54, 1.807) is 11.6 Å². The van der Waals surface area contributed by atoms with Crippen molar-refractivity contribution in [3.8, 4) is 5.75 Å². The Morgan fingerprint density at radius 3 is 2.81 bits per heavy atom. The van der Waals surface area contributed by atoms with E-state index in [2.05, 4.69) is 27.2 Å². The summed E-state index contributed by atoms with van der Waals surface area (Å²) < 4.78 is 35.5. The first kappa shape index (κ1) is 22.4. The number of hydrogen-bond donors (Lipinski definition) is 2. The molecule has 0 saturated carbocycles. The molecule has 1 fully saturated rings. The molecule has 1 aliphatic rings. The zero-order chi connectivity index (χ0) is 22.7. The maximum atomic E-state index is 15.0. The highest BCUT2D eigenvalue weighted by Crippen LogP contribution is 2.38. The number of halogens is 1. The molecule has 1 aliphatic heterocycles. The van der Waals surface area contributed by atoms with E-state index < -0.39 is 16.8 Å². The Balaban J connectivity index is 1.66. The highest BCUT2D eigenvalue weighted by molar-refractivity contribution is 7.86. The van der Waals surface area contributed by atoms with Crippen LogP contribution < -0.4 is 19.7 Å². The van der Waals surface area contributed by atoms with Crippen LogP contribution in [0.5, 0.6) is 5.75 Å². The molecule has 2 atom stereocenters. The van der Waals surface area contributed by atoms with Gasteiger partial charge in [-0.25, -0.2) is 13.6 Å². The molecule has 0 aliphatic carbocycles. The topological polar surface area (TPSA) is 83.6 Å². The molecule has 2 heterocycles. The van der Waals surface area contributed by atoms with Crippen molar-refractivity contribution in [2.24, 2.45) is 0 Å². The van der Waals surface area contributed by atoms with Gasteiger partial charge in [-0.1, -0.05) is 24.3 Å². The van der Waals surface area contributed by atoms with Crippen LogP contribution in [0.1, 0.15) is 30.0 Å². The second kappa shape index (κ2) is 9.76. The Morgan fingerprint density at radius 2 is 2.16 bits per heavy atom. The van der Waals surface area contributed by atoms with Crippen molar-refractivity contribution in [2.75, 3.05) is 29.8 Å². The summed E-state index contributed by atoms with van der Waals surface area (Å²) in [5, 5.41) is 5.41. The van der Waals surface area contributed by atoms with Gasteiger partial charge >= 0.3 is 0 Å².